The monoisotopic (exact) mass is 288 g/mol. The van der Waals surface area contributed by atoms with Crippen molar-refractivity contribution in [3.05, 3.63) is 29.5 Å². The Morgan fingerprint density at radius 1 is 1.43 bits per heavy atom. The summed E-state index contributed by atoms with van der Waals surface area (Å²) in [7, 11) is 0. The Balaban J connectivity index is 2.06. The van der Waals surface area contributed by atoms with E-state index in [1.807, 2.05) is 13.0 Å². The molecule has 0 aromatic carbocycles. The van der Waals surface area contributed by atoms with Gasteiger partial charge in [0.1, 0.15) is 5.82 Å². The maximum atomic E-state index is 10.5. The molecule has 1 fully saturated rings. The first-order valence-corrected chi connectivity index (χ1v) is 7.60. The van der Waals surface area contributed by atoms with E-state index < -0.39 is 5.97 Å². The highest BCUT2D eigenvalue weighted by Gasteiger charge is 2.23. The number of anilines is 1. The molecule has 0 radical (unpaired) electrons. The Morgan fingerprint density at radius 2 is 2.10 bits per heavy atom. The molecule has 21 heavy (non-hydrogen) atoms. The van der Waals surface area contributed by atoms with Gasteiger partial charge in [0.15, 0.2) is 0 Å². The molecule has 0 amide bonds. The fourth-order valence-electron chi connectivity index (χ4n) is 2.96. The van der Waals surface area contributed by atoms with Gasteiger partial charge in [-0.1, -0.05) is 13.8 Å². The first-order valence-electron chi connectivity index (χ1n) is 7.60. The summed E-state index contributed by atoms with van der Waals surface area (Å²) in [6, 6.07) is 2.00. The number of carbonyl (C=O) groups is 1. The summed E-state index contributed by atoms with van der Waals surface area (Å²) in [5.74, 6) is 1.67. The maximum Gasteiger partial charge on any atom is 0.328 e. The molecule has 2 heterocycles. The van der Waals surface area contributed by atoms with Gasteiger partial charge in [-0.25, -0.2) is 9.78 Å². The molecule has 1 aromatic heterocycles. The molecule has 0 atom stereocenters. The molecule has 1 saturated heterocycles. The van der Waals surface area contributed by atoms with Crippen molar-refractivity contribution in [3.63, 3.8) is 0 Å². The zero-order valence-corrected chi connectivity index (χ0v) is 13.0. The van der Waals surface area contributed by atoms with Crippen molar-refractivity contribution >= 4 is 17.9 Å². The number of carboxylic acid groups (broad SMARTS) is 1. The van der Waals surface area contributed by atoms with Gasteiger partial charge in [0.25, 0.3) is 0 Å². The minimum atomic E-state index is -0.938. The second kappa shape index (κ2) is 6.74. The lowest BCUT2D eigenvalue weighted by atomic mass is 9.86. The van der Waals surface area contributed by atoms with Gasteiger partial charge in [-0.05, 0) is 54.9 Å². The molecule has 1 aliphatic rings. The van der Waals surface area contributed by atoms with Crippen LogP contribution in [0.3, 0.4) is 0 Å². The van der Waals surface area contributed by atoms with E-state index in [4.69, 9.17) is 5.11 Å². The first kappa shape index (κ1) is 15.5. The van der Waals surface area contributed by atoms with Crippen molar-refractivity contribution in [2.45, 2.75) is 33.6 Å². The number of carboxylic acids is 1. The fourth-order valence-corrected chi connectivity index (χ4v) is 2.96. The highest BCUT2D eigenvalue weighted by atomic mass is 16.4. The average molecular weight is 288 g/mol. The van der Waals surface area contributed by atoms with E-state index in [2.05, 4.69) is 23.7 Å². The van der Waals surface area contributed by atoms with Gasteiger partial charge in [-0.2, -0.15) is 0 Å². The van der Waals surface area contributed by atoms with Crippen LogP contribution in [-0.2, 0) is 4.79 Å². The second-order valence-corrected chi connectivity index (χ2v) is 6.15. The highest BCUT2D eigenvalue weighted by Crippen LogP contribution is 2.28. The number of aliphatic carboxylic acids is 1. The standard InChI is InChI=1S/C17H24N2O2/c1-12(2)15-6-8-19(9-7-15)17-13(3)10-14(11-18-17)4-5-16(20)21/h4-5,10-12,15H,6-9H2,1-3H3,(H,20,21)/b5-4+. The van der Waals surface area contributed by atoms with Crippen molar-refractivity contribution in [1.82, 2.24) is 4.98 Å². The van der Waals surface area contributed by atoms with Crippen LogP contribution in [0.1, 0.15) is 37.8 Å². The van der Waals surface area contributed by atoms with Crippen molar-refractivity contribution in [2.24, 2.45) is 11.8 Å². The van der Waals surface area contributed by atoms with Crippen LogP contribution in [0.5, 0.6) is 0 Å². The number of pyridine rings is 1. The lowest BCUT2D eigenvalue weighted by molar-refractivity contribution is -0.131. The summed E-state index contributed by atoms with van der Waals surface area (Å²) >= 11 is 0. The number of hydrogen-bond donors (Lipinski definition) is 1. The largest absolute Gasteiger partial charge is 0.478 e. The van der Waals surface area contributed by atoms with Crippen LogP contribution in [-0.4, -0.2) is 29.1 Å². The van der Waals surface area contributed by atoms with Crippen molar-refractivity contribution < 1.29 is 9.90 Å². The number of aryl methyl sites for hydroxylation is 1. The molecule has 0 aliphatic carbocycles. The van der Waals surface area contributed by atoms with Gasteiger partial charge in [-0.15, -0.1) is 0 Å². The minimum absolute atomic E-state index is 0.754. The summed E-state index contributed by atoms with van der Waals surface area (Å²) in [5.41, 5.74) is 1.93. The maximum absolute atomic E-state index is 10.5. The predicted molar refractivity (Wildman–Crippen MR) is 85.4 cm³/mol. The lowest BCUT2D eigenvalue weighted by Crippen LogP contribution is -2.36. The number of nitrogens with zero attached hydrogens (tertiary/aromatic N) is 2. The smallest absolute Gasteiger partial charge is 0.328 e. The predicted octanol–water partition coefficient (Wildman–Crippen LogP) is 3.36. The molecule has 0 spiro atoms. The molecular formula is C17H24N2O2. The topological polar surface area (TPSA) is 53.4 Å². The molecule has 0 saturated carbocycles. The van der Waals surface area contributed by atoms with Crippen LogP contribution in [0.15, 0.2) is 18.3 Å². The van der Waals surface area contributed by atoms with E-state index in [9.17, 15) is 4.79 Å². The molecule has 0 bridgehead atoms. The fraction of sp³-hybridized carbons (Fsp3) is 0.529. The van der Waals surface area contributed by atoms with Crippen molar-refractivity contribution in [2.75, 3.05) is 18.0 Å². The van der Waals surface area contributed by atoms with Crippen LogP contribution < -0.4 is 4.90 Å². The van der Waals surface area contributed by atoms with Crippen LogP contribution >= 0.6 is 0 Å². The van der Waals surface area contributed by atoms with Crippen LogP contribution in [0.2, 0.25) is 0 Å². The zero-order valence-electron chi connectivity index (χ0n) is 13.0. The minimum Gasteiger partial charge on any atom is -0.478 e. The molecule has 0 unspecified atom stereocenters. The molecule has 114 valence electrons. The molecule has 4 heteroatoms. The second-order valence-electron chi connectivity index (χ2n) is 6.15. The van der Waals surface area contributed by atoms with Gasteiger partial charge < -0.3 is 10.0 Å². The third kappa shape index (κ3) is 4.06. The quantitative estimate of drug-likeness (QED) is 0.863. The lowest BCUT2D eigenvalue weighted by Gasteiger charge is -2.35. The van der Waals surface area contributed by atoms with E-state index in [0.717, 1.165) is 47.9 Å². The van der Waals surface area contributed by atoms with Crippen LogP contribution in [0.25, 0.3) is 6.08 Å². The summed E-state index contributed by atoms with van der Waals surface area (Å²) in [5, 5.41) is 8.66. The number of piperidine rings is 1. The van der Waals surface area contributed by atoms with E-state index in [0.29, 0.717) is 0 Å². The van der Waals surface area contributed by atoms with Gasteiger partial charge in [0, 0.05) is 25.4 Å². The Morgan fingerprint density at radius 3 is 2.62 bits per heavy atom. The number of aromatic nitrogens is 1. The van der Waals surface area contributed by atoms with E-state index in [1.54, 1.807) is 12.3 Å². The molecule has 2 rings (SSSR count). The summed E-state index contributed by atoms with van der Waals surface area (Å²) in [6.45, 7) is 8.75. The molecule has 1 N–H and O–H groups in total. The SMILES string of the molecule is Cc1cc(/C=C/C(=O)O)cnc1N1CCC(C(C)C)CC1. The molecular weight excluding hydrogens is 264 g/mol. The number of rotatable bonds is 4. The van der Waals surface area contributed by atoms with Gasteiger partial charge in [-0.3, -0.25) is 0 Å². The Labute approximate surface area is 126 Å². The number of hydrogen-bond acceptors (Lipinski definition) is 3. The molecule has 1 aliphatic heterocycles. The Kier molecular flexibility index (Phi) is 4.99. The van der Waals surface area contributed by atoms with Crippen molar-refractivity contribution in [3.8, 4) is 0 Å². The average Bonchev–Trinajstić information content (AvgIpc) is 2.45. The Hall–Kier alpha value is -1.84. The van der Waals surface area contributed by atoms with Gasteiger partial charge >= 0.3 is 5.97 Å². The van der Waals surface area contributed by atoms with Crippen molar-refractivity contribution in [1.29, 1.82) is 0 Å². The van der Waals surface area contributed by atoms with E-state index in [-0.39, 0.29) is 0 Å². The van der Waals surface area contributed by atoms with Crippen LogP contribution in [0.4, 0.5) is 5.82 Å². The van der Waals surface area contributed by atoms with E-state index >= 15 is 0 Å². The van der Waals surface area contributed by atoms with Gasteiger partial charge in [0.05, 0.1) is 0 Å². The zero-order chi connectivity index (χ0) is 15.4. The highest BCUT2D eigenvalue weighted by molar-refractivity contribution is 5.85. The third-order valence-electron chi connectivity index (χ3n) is 4.27. The first-order chi connectivity index (χ1) is 9.97. The summed E-state index contributed by atoms with van der Waals surface area (Å²) in [6.07, 6.45) is 6.91. The van der Waals surface area contributed by atoms with Gasteiger partial charge in [0.2, 0.25) is 0 Å². The molecule has 1 aromatic rings. The van der Waals surface area contributed by atoms with Crippen LogP contribution in [0, 0.1) is 18.8 Å². The summed E-state index contributed by atoms with van der Waals surface area (Å²) in [4.78, 5) is 17.4. The van der Waals surface area contributed by atoms with E-state index in [1.165, 1.54) is 12.8 Å². The normalized spacial score (nSPS) is 16.9. The summed E-state index contributed by atoms with van der Waals surface area (Å²) < 4.78 is 0. The Bertz CT molecular complexity index is 530. The molecule has 4 nitrogen and oxygen atoms in total. The third-order valence-corrected chi connectivity index (χ3v) is 4.27.